The Labute approximate surface area is 126 Å². The SMILES string of the molecule is CC.Cc1cnc2c(OCc3ccccc3)cccc2c1. The molecular weight excluding hydrogens is 258 g/mol. The molecule has 2 nitrogen and oxygen atoms in total. The quantitative estimate of drug-likeness (QED) is 0.661. The van der Waals surface area contributed by atoms with Gasteiger partial charge in [0.15, 0.2) is 0 Å². The van der Waals surface area contributed by atoms with E-state index in [9.17, 15) is 0 Å². The highest BCUT2D eigenvalue weighted by Crippen LogP contribution is 2.24. The molecule has 0 saturated heterocycles. The molecule has 0 unspecified atom stereocenters. The minimum absolute atomic E-state index is 0.565. The van der Waals surface area contributed by atoms with Crippen molar-refractivity contribution in [3.63, 3.8) is 0 Å². The van der Waals surface area contributed by atoms with Crippen LogP contribution in [0, 0.1) is 6.92 Å². The van der Waals surface area contributed by atoms with E-state index in [-0.39, 0.29) is 0 Å². The van der Waals surface area contributed by atoms with E-state index >= 15 is 0 Å². The van der Waals surface area contributed by atoms with Crippen LogP contribution in [-0.4, -0.2) is 4.98 Å². The molecule has 3 aromatic rings. The lowest BCUT2D eigenvalue weighted by Crippen LogP contribution is -1.96. The smallest absolute Gasteiger partial charge is 0.146 e. The van der Waals surface area contributed by atoms with Gasteiger partial charge in [-0.25, -0.2) is 0 Å². The summed E-state index contributed by atoms with van der Waals surface area (Å²) in [5, 5.41) is 1.12. The van der Waals surface area contributed by atoms with Gasteiger partial charge in [0.25, 0.3) is 0 Å². The van der Waals surface area contributed by atoms with Crippen molar-refractivity contribution in [2.24, 2.45) is 0 Å². The molecule has 21 heavy (non-hydrogen) atoms. The molecule has 0 amide bonds. The summed E-state index contributed by atoms with van der Waals surface area (Å²) >= 11 is 0. The number of aromatic nitrogens is 1. The largest absolute Gasteiger partial charge is 0.487 e. The second kappa shape index (κ2) is 7.44. The van der Waals surface area contributed by atoms with Crippen molar-refractivity contribution in [1.29, 1.82) is 0 Å². The highest BCUT2D eigenvalue weighted by atomic mass is 16.5. The number of fused-ring (bicyclic) bond motifs is 1. The van der Waals surface area contributed by atoms with Crippen LogP contribution < -0.4 is 4.74 Å². The predicted octanol–water partition coefficient (Wildman–Crippen LogP) is 5.15. The van der Waals surface area contributed by atoms with Crippen molar-refractivity contribution in [3.8, 4) is 5.75 Å². The lowest BCUT2D eigenvalue weighted by atomic mass is 10.1. The van der Waals surface area contributed by atoms with E-state index in [0.29, 0.717) is 6.61 Å². The molecule has 0 aliphatic carbocycles. The van der Waals surface area contributed by atoms with Crippen LogP contribution >= 0.6 is 0 Å². The molecule has 2 aromatic carbocycles. The van der Waals surface area contributed by atoms with Gasteiger partial charge in [0, 0.05) is 11.6 Å². The van der Waals surface area contributed by atoms with Gasteiger partial charge in [0.2, 0.25) is 0 Å². The summed E-state index contributed by atoms with van der Waals surface area (Å²) in [6.07, 6.45) is 1.87. The Kier molecular flexibility index (Phi) is 5.33. The van der Waals surface area contributed by atoms with E-state index in [2.05, 4.69) is 29.2 Å². The molecule has 0 aliphatic rings. The summed E-state index contributed by atoms with van der Waals surface area (Å²) in [4.78, 5) is 4.47. The molecule has 0 spiro atoms. The van der Waals surface area contributed by atoms with Crippen LogP contribution in [-0.2, 0) is 6.61 Å². The van der Waals surface area contributed by atoms with Crippen LogP contribution in [0.4, 0.5) is 0 Å². The minimum Gasteiger partial charge on any atom is -0.487 e. The molecule has 2 heteroatoms. The van der Waals surface area contributed by atoms with Gasteiger partial charge < -0.3 is 4.74 Å². The molecule has 3 rings (SSSR count). The topological polar surface area (TPSA) is 22.1 Å². The molecule has 1 heterocycles. The first-order chi connectivity index (χ1) is 10.3. The number of nitrogens with zero attached hydrogens (tertiary/aromatic N) is 1. The Balaban J connectivity index is 0.000000774. The molecule has 0 saturated carbocycles. The Bertz CT molecular complexity index is 692. The average molecular weight is 279 g/mol. The fourth-order valence-corrected chi connectivity index (χ4v) is 2.09. The first kappa shape index (κ1) is 15.0. The first-order valence-corrected chi connectivity index (χ1v) is 7.35. The summed E-state index contributed by atoms with van der Waals surface area (Å²) in [7, 11) is 0. The number of rotatable bonds is 3. The number of benzene rings is 2. The second-order valence-electron chi connectivity index (χ2n) is 4.61. The third-order valence-electron chi connectivity index (χ3n) is 3.05. The van der Waals surface area contributed by atoms with Crippen molar-refractivity contribution in [2.75, 3.05) is 0 Å². The summed E-state index contributed by atoms with van der Waals surface area (Å²) in [5.41, 5.74) is 3.24. The fourth-order valence-electron chi connectivity index (χ4n) is 2.09. The Hall–Kier alpha value is -2.35. The lowest BCUT2D eigenvalue weighted by molar-refractivity contribution is 0.309. The van der Waals surface area contributed by atoms with E-state index in [4.69, 9.17) is 4.74 Å². The Morgan fingerprint density at radius 3 is 2.48 bits per heavy atom. The monoisotopic (exact) mass is 279 g/mol. The van der Waals surface area contributed by atoms with E-state index in [1.54, 1.807) is 0 Å². The molecular formula is C19H21NO. The number of pyridine rings is 1. The van der Waals surface area contributed by atoms with Gasteiger partial charge >= 0.3 is 0 Å². The van der Waals surface area contributed by atoms with Crippen molar-refractivity contribution in [1.82, 2.24) is 4.98 Å². The van der Waals surface area contributed by atoms with Gasteiger partial charge in [-0.1, -0.05) is 56.3 Å². The van der Waals surface area contributed by atoms with Crippen LogP contribution in [0.3, 0.4) is 0 Å². The zero-order valence-electron chi connectivity index (χ0n) is 12.8. The van der Waals surface area contributed by atoms with Crippen LogP contribution in [0.1, 0.15) is 25.0 Å². The predicted molar refractivity (Wildman–Crippen MR) is 88.6 cm³/mol. The summed E-state index contributed by atoms with van der Waals surface area (Å²) in [5.74, 6) is 0.835. The van der Waals surface area contributed by atoms with Crippen LogP contribution in [0.25, 0.3) is 10.9 Å². The van der Waals surface area contributed by atoms with E-state index in [0.717, 1.165) is 27.8 Å². The van der Waals surface area contributed by atoms with Gasteiger partial charge in [0.1, 0.15) is 17.9 Å². The zero-order chi connectivity index (χ0) is 15.1. The van der Waals surface area contributed by atoms with E-state index in [1.165, 1.54) is 0 Å². The first-order valence-electron chi connectivity index (χ1n) is 7.35. The number of para-hydroxylation sites is 1. The maximum Gasteiger partial charge on any atom is 0.146 e. The number of ether oxygens (including phenoxy) is 1. The van der Waals surface area contributed by atoms with Crippen LogP contribution in [0.15, 0.2) is 60.8 Å². The highest BCUT2D eigenvalue weighted by molar-refractivity contribution is 5.84. The normalized spacial score (nSPS) is 9.86. The third-order valence-corrected chi connectivity index (χ3v) is 3.05. The summed E-state index contributed by atoms with van der Waals surface area (Å²) in [6.45, 7) is 6.61. The van der Waals surface area contributed by atoms with Gasteiger partial charge in [0.05, 0.1) is 0 Å². The third kappa shape index (κ3) is 3.82. The zero-order valence-corrected chi connectivity index (χ0v) is 12.8. The Morgan fingerprint density at radius 1 is 0.952 bits per heavy atom. The number of hydrogen-bond donors (Lipinski definition) is 0. The lowest BCUT2D eigenvalue weighted by Gasteiger charge is -2.09. The van der Waals surface area contributed by atoms with E-state index in [1.807, 2.05) is 57.3 Å². The van der Waals surface area contributed by atoms with Crippen molar-refractivity contribution in [2.45, 2.75) is 27.4 Å². The van der Waals surface area contributed by atoms with Crippen molar-refractivity contribution < 1.29 is 4.74 Å². The highest BCUT2D eigenvalue weighted by Gasteiger charge is 2.03. The van der Waals surface area contributed by atoms with Gasteiger partial charge in [-0.15, -0.1) is 0 Å². The molecule has 0 bridgehead atoms. The molecule has 1 aromatic heterocycles. The molecule has 0 N–H and O–H groups in total. The van der Waals surface area contributed by atoms with E-state index < -0.39 is 0 Å². The molecule has 0 atom stereocenters. The van der Waals surface area contributed by atoms with Crippen molar-refractivity contribution >= 4 is 10.9 Å². The standard InChI is InChI=1S/C17H15NO.C2H6/c1-13-10-15-8-5-9-16(17(15)18-11-13)19-12-14-6-3-2-4-7-14;1-2/h2-11H,12H2,1H3;1-2H3. The number of aryl methyl sites for hydroxylation is 1. The maximum absolute atomic E-state index is 5.88. The second-order valence-corrected chi connectivity index (χ2v) is 4.61. The molecule has 0 fully saturated rings. The fraction of sp³-hybridized carbons (Fsp3) is 0.211. The summed E-state index contributed by atoms with van der Waals surface area (Å²) < 4.78 is 5.88. The molecule has 0 aliphatic heterocycles. The molecule has 108 valence electrons. The van der Waals surface area contributed by atoms with Gasteiger partial charge in [-0.05, 0) is 30.2 Å². The van der Waals surface area contributed by atoms with Crippen molar-refractivity contribution in [3.05, 3.63) is 71.9 Å². The van der Waals surface area contributed by atoms with Gasteiger partial charge in [-0.2, -0.15) is 0 Å². The maximum atomic E-state index is 5.88. The van der Waals surface area contributed by atoms with Gasteiger partial charge in [-0.3, -0.25) is 4.98 Å². The molecule has 0 radical (unpaired) electrons. The van der Waals surface area contributed by atoms with Crippen LogP contribution in [0.5, 0.6) is 5.75 Å². The van der Waals surface area contributed by atoms with Crippen LogP contribution in [0.2, 0.25) is 0 Å². The summed E-state index contributed by atoms with van der Waals surface area (Å²) in [6, 6.07) is 18.3. The number of hydrogen-bond acceptors (Lipinski definition) is 2. The Morgan fingerprint density at radius 2 is 1.71 bits per heavy atom. The minimum atomic E-state index is 0.565. The average Bonchev–Trinajstić information content (AvgIpc) is 2.55.